The average Bonchev–Trinajstić information content (AvgIpc) is 3.44. The highest BCUT2D eigenvalue weighted by Crippen LogP contribution is 2.33. The second-order valence-electron chi connectivity index (χ2n) is 6.71. The molecular weight excluding hydrogens is 412 g/mol. The van der Waals surface area contributed by atoms with Crippen LogP contribution in [0, 0.1) is 6.92 Å². The zero-order valence-corrected chi connectivity index (χ0v) is 18.1. The van der Waals surface area contributed by atoms with Gasteiger partial charge in [-0.15, -0.1) is 11.3 Å². The Morgan fingerprint density at radius 1 is 1.00 bits per heavy atom. The number of para-hydroxylation sites is 1. The van der Waals surface area contributed by atoms with Crippen LogP contribution >= 0.6 is 22.7 Å². The highest BCUT2D eigenvalue weighted by Gasteiger charge is 2.11. The molecule has 5 aromatic rings. The minimum atomic E-state index is 0.729. The number of methoxy groups -OCH3 is 1. The molecule has 0 radical (unpaired) electrons. The summed E-state index contributed by atoms with van der Waals surface area (Å²) in [5, 5.41) is 4.60. The Labute approximate surface area is 181 Å². The number of benzene rings is 2. The van der Waals surface area contributed by atoms with Gasteiger partial charge in [-0.25, -0.2) is 9.98 Å². The van der Waals surface area contributed by atoms with Crippen LogP contribution in [-0.4, -0.2) is 12.1 Å². The molecule has 4 nitrogen and oxygen atoms in total. The molecule has 0 aliphatic carbocycles. The monoisotopic (exact) mass is 430 g/mol. The standard InChI is InChI=1S/C24H18N2O2S2/c1-15-23(16-9-11-17(27-2)12-10-16)26-24(30-15)25-19-14-21(22-8-5-13-29-22)28-20-7-4-3-6-18(19)20/h3-14H,1-2H3. The molecule has 0 bridgehead atoms. The van der Waals surface area contributed by atoms with Crippen LogP contribution in [0.25, 0.3) is 32.9 Å². The van der Waals surface area contributed by atoms with Gasteiger partial charge in [-0.05, 0) is 54.8 Å². The van der Waals surface area contributed by atoms with Crippen molar-refractivity contribution in [1.82, 2.24) is 4.98 Å². The van der Waals surface area contributed by atoms with Crippen LogP contribution in [0.4, 0.5) is 5.13 Å². The molecule has 0 fully saturated rings. The van der Waals surface area contributed by atoms with Crippen LogP contribution in [0.15, 0.2) is 81.5 Å². The maximum absolute atomic E-state index is 6.13. The SMILES string of the molecule is COc1ccc(-c2nc(N=c3cc(-c4cccs4)oc4ccccc34)sc2C)cc1. The molecule has 3 aromatic heterocycles. The van der Waals surface area contributed by atoms with Gasteiger partial charge in [0.15, 0.2) is 0 Å². The normalized spacial score (nSPS) is 11.9. The van der Waals surface area contributed by atoms with Gasteiger partial charge < -0.3 is 9.15 Å². The maximum atomic E-state index is 6.13. The lowest BCUT2D eigenvalue weighted by Gasteiger charge is -2.02. The number of nitrogens with zero attached hydrogens (tertiary/aromatic N) is 2. The summed E-state index contributed by atoms with van der Waals surface area (Å²) in [6.07, 6.45) is 0. The van der Waals surface area contributed by atoms with Gasteiger partial charge >= 0.3 is 0 Å². The summed E-state index contributed by atoms with van der Waals surface area (Å²) in [4.78, 5) is 11.9. The molecule has 0 saturated carbocycles. The number of fused-ring (bicyclic) bond motifs is 1. The Hall–Kier alpha value is -3.22. The minimum Gasteiger partial charge on any atom is -0.497 e. The van der Waals surface area contributed by atoms with Crippen LogP contribution < -0.4 is 10.1 Å². The van der Waals surface area contributed by atoms with E-state index in [9.17, 15) is 0 Å². The summed E-state index contributed by atoms with van der Waals surface area (Å²) >= 11 is 3.24. The Balaban J connectivity index is 1.64. The van der Waals surface area contributed by atoms with E-state index in [1.54, 1.807) is 29.8 Å². The van der Waals surface area contributed by atoms with E-state index >= 15 is 0 Å². The molecule has 3 heterocycles. The third-order valence-corrected chi connectivity index (χ3v) is 6.53. The molecule has 148 valence electrons. The van der Waals surface area contributed by atoms with E-state index in [1.807, 2.05) is 66.0 Å². The molecule has 0 spiro atoms. The van der Waals surface area contributed by atoms with Crippen molar-refractivity contribution in [2.45, 2.75) is 6.92 Å². The van der Waals surface area contributed by atoms with E-state index in [0.29, 0.717) is 0 Å². The predicted octanol–water partition coefficient (Wildman–Crippen LogP) is 6.83. The highest BCUT2D eigenvalue weighted by atomic mass is 32.1. The molecular formula is C24H18N2O2S2. The number of thiophene rings is 1. The number of aromatic nitrogens is 1. The van der Waals surface area contributed by atoms with E-state index in [2.05, 4.69) is 13.0 Å². The minimum absolute atomic E-state index is 0.729. The van der Waals surface area contributed by atoms with Crippen LogP contribution in [0.2, 0.25) is 0 Å². The van der Waals surface area contributed by atoms with Gasteiger partial charge in [0.05, 0.1) is 23.0 Å². The fourth-order valence-corrected chi connectivity index (χ4v) is 4.79. The summed E-state index contributed by atoms with van der Waals surface area (Å²) in [7, 11) is 1.67. The summed E-state index contributed by atoms with van der Waals surface area (Å²) in [5.41, 5.74) is 2.81. The molecule has 0 amide bonds. The Kier molecular flexibility index (Phi) is 4.94. The number of hydrogen-bond donors (Lipinski definition) is 0. The molecule has 0 unspecified atom stereocenters. The third-order valence-electron chi connectivity index (χ3n) is 4.78. The van der Waals surface area contributed by atoms with E-state index in [0.717, 1.165) is 54.0 Å². The number of ether oxygens (including phenoxy) is 1. The lowest BCUT2D eigenvalue weighted by Crippen LogP contribution is -2.02. The zero-order chi connectivity index (χ0) is 20.5. The highest BCUT2D eigenvalue weighted by molar-refractivity contribution is 7.15. The first-order valence-electron chi connectivity index (χ1n) is 9.44. The van der Waals surface area contributed by atoms with Crippen molar-refractivity contribution in [1.29, 1.82) is 0 Å². The van der Waals surface area contributed by atoms with E-state index in [-0.39, 0.29) is 0 Å². The average molecular weight is 431 g/mol. The lowest BCUT2D eigenvalue weighted by atomic mass is 10.1. The third kappa shape index (κ3) is 3.56. The number of aryl methyl sites for hydroxylation is 1. The van der Waals surface area contributed by atoms with Gasteiger partial charge in [0.25, 0.3) is 0 Å². The fourth-order valence-electron chi connectivity index (χ4n) is 3.30. The Morgan fingerprint density at radius 3 is 2.60 bits per heavy atom. The molecule has 0 atom stereocenters. The van der Waals surface area contributed by atoms with Crippen LogP contribution in [-0.2, 0) is 0 Å². The number of thiazole rings is 1. The molecule has 0 aliphatic rings. The van der Waals surface area contributed by atoms with Crippen molar-refractivity contribution < 1.29 is 9.15 Å². The smallest absolute Gasteiger partial charge is 0.210 e. The van der Waals surface area contributed by atoms with Gasteiger partial charge in [-0.2, -0.15) is 0 Å². The predicted molar refractivity (Wildman–Crippen MR) is 124 cm³/mol. The van der Waals surface area contributed by atoms with Crippen molar-refractivity contribution in [3.05, 3.63) is 82.3 Å². The first-order chi connectivity index (χ1) is 14.7. The molecule has 0 saturated heterocycles. The van der Waals surface area contributed by atoms with Crippen molar-refractivity contribution in [2.24, 2.45) is 4.99 Å². The largest absolute Gasteiger partial charge is 0.497 e. The van der Waals surface area contributed by atoms with Crippen LogP contribution in [0.5, 0.6) is 5.75 Å². The Morgan fingerprint density at radius 2 is 1.83 bits per heavy atom. The van der Waals surface area contributed by atoms with Crippen LogP contribution in [0.3, 0.4) is 0 Å². The van der Waals surface area contributed by atoms with Gasteiger partial charge in [0.2, 0.25) is 5.13 Å². The van der Waals surface area contributed by atoms with Crippen LogP contribution in [0.1, 0.15) is 4.88 Å². The summed E-state index contributed by atoms with van der Waals surface area (Å²) in [5.74, 6) is 1.64. The second kappa shape index (κ2) is 7.89. The zero-order valence-electron chi connectivity index (χ0n) is 16.5. The summed E-state index contributed by atoms with van der Waals surface area (Å²) in [6, 6.07) is 22.0. The van der Waals surface area contributed by atoms with Crippen molar-refractivity contribution >= 4 is 38.8 Å². The molecule has 2 aromatic carbocycles. The number of rotatable bonds is 4. The maximum Gasteiger partial charge on any atom is 0.210 e. The topological polar surface area (TPSA) is 47.6 Å². The van der Waals surface area contributed by atoms with Gasteiger partial charge in [0.1, 0.15) is 17.1 Å². The summed E-state index contributed by atoms with van der Waals surface area (Å²) in [6.45, 7) is 2.08. The lowest BCUT2D eigenvalue weighted by molar-refractivity contribution is 0.415. The van der Waals surface area contributed by atoms with E-state index in [1.165, 1.54) is 0 Å². The van der Waals surface area contributed by atoms with Crippen molar-refractivity contribution in [3.8, 4) is 27.6 Å². The molecule has 6 heteroatoms. The van der Waals surface area contributed by atoms with Crippen molar-refractivity contribution in [3.63, 3.8) is 0 Å². The van der Waals surface area contributed by atoms with Gasteiger partial charge in [0, 0.05) is 21.9 Å². The molecule has 0 N–H and O–H groups in total. The fraction of sp³-hybridized carbons (Fsp3) is 0.0833. The van der Waals surface area contributed by atoms with E-state index in [4.69, 9.17) is 19.1 Å². The van der Waals surface area contributed by atoms with Gasteiger partial charge in [-0.3, -0.25) is 0 Å². The molecule has 0 aliphatic heterocycles. The number of hydrogen-bond acceptors (Lipinski definition) is 6. The molecule has 30 heavy (non-hydrogen) atoms. The first kappa shape index (κ1) is 18.8. The Bertz CT molecular complexity index is 1380. The quantitative estimate of drug-likeness (QED) is 0.314. The van der Waals surface area contributed by atoms with Gasteiger partial charge in [-0.1, -0.05) is 29.5 Å². The first-order valence-corrected chi connectivity index (χ1v) is 11.1. The van der Waals surface area contributed by atoms with E-state index < -0.39 is 0 Å². The van der Waals surface area contributed by atoms with Crippen molar-refractivity contribution in [2.75, 3.05) is 7.11 Å². The summed E-state index contributed by atoms with van der Waals surface area (Å²) < 4.78 is 11.4. The second-order valence-corrected chi connectivity index (χ2v) is 8.84. The molecule has 5 rings (SSSR count).